The standard InChI is InChI=1S/C23H32N6O2/c1-3-25-23(27-15-18-5-4-6-20(13-18)31-16-21(24)30)28-19-9-11-29(12-10-19)22-8-7-17(2)14-26-22/h4-8,13-14,19H,3,9-12,15-16H2,1-2H3,(H2,24,30)(H2,25,27,28). The number of ether oxygens (including phenoxy) is 1. The molecule has 0 bridgehead atoms. The average Bonchev–Trinajstić information content (AvgIpc) is 2.78. The van der Waals surface area contributed by atoms with Crippen molar-refractivity contribution >= 4 is 17.7 Å². The van der Waals surface area contributed by atoms with Gasteiger partial charge in [0.05, 0.1) is 6.54 Å². The fraction of sp³-hybridized carbons (Fsp3) is 0.435. The number of nitrogens with zero attached hydrogens (tertiary/aromatic N) is 3. The zero-order valence-corrected chi connectivity index (χ0v) is 18.3. The lowest BCUT2D eigenvalue weighted by Crippen LogP contribution is -2.48. The Bertz CT molecular complexity index is 876. The van der Waals surface area contributed by atoms with Gasteiger partial charge in [0.15, 0.2) is 12.6 Å². The number of carbonyl (C=O) groups is 1. The number of benzene rings is 1. The van der Waals surface area contributed by atoms with Crippen molar-refractivity contribution in [2.24, 2.45) is 10.7 Å². The number of pyridine rings is 1. The highest BCUT2D eigenvalue weighted by Crippen LogP contribution is 2.18. The Hall–Kier alpha value is -3.29. The van der Waals surface area contributed by atoms with Crippen LogP contribution < -0.4 is 26.0 Å². The second-order valence-corrected chi connectivity index (χ2v) is 7.70. The Kier molecular flexibility index (Phi) is 8.09. The highest BCUT2D eigenvalue weighted by Gasteiger charge is 2.20. The summed E-state index contributed by atoms with van der Waals surface area (Å²) in [5.41, 5.74) is 7.31. The first-order chi connectivity index (χ1) is 15.0. The van der Waals surface area contributed by atoms with Crippen molar-refractivity contribution in [2.75, 3.05) is 31.1 Å². The Balaban J connectivity index is 1.54. The molecule has 1 aromatic heterocycles. The number of guanidine groups is 1. The Morgan fingerprint density at radius 3 is 2.77 bits per heavy atom. The molecule has 0 aliphatic carbocycles. The zero-order valence-electron chi connectivity index (χ0n) is 18.3. The van der Waals surface area contributed by atoms with E-state index in [-0.39, 0.29) is 6.61 Å². The van der Waals surface area contributed by atoms with Gasteiger partial charge in [-0.1, -0.05) is 18.2 Å². The van der Waals surface area contributed by atoms with E-state index in [2.05, 4.69) is 46.5 Å². The Labute approximate surface area is 183 Å². The maximum Gasteiger partial charge on any atom is 0.255 e. The van der Waals surface area contributed by atoms with Crippen LogP contribution in [0.2, 0.25) is 0 Å². The normalized spacial score (nSPS) is 14.9. The van der Waals surface area contributed by atoms with Crippen molar-refractivity contribution in [3.8, 4) is 5.75 Å². The highest BCUT2D eigenvalue weighted by molar-refractivity contribution is 5.80. The lowest BCUT2D eigenvalue weighted by Gasteiger charge is -2.33. The summed E-state index contributed by atoms with van der Waals surface area (Å²) in [6, 6.07) is 12.1. The number of piperidine rings is 1. The maximum atomic E-state index is 10.9. The topological polar surface area (TPSA) is 105 Å². The summed E-state index contributed by atoms with van der Waals surface area (Å²) in [6.07, 6.45) is 3.97. The maximum absolute atomic E-state index is 10.9. The molecular formula is C23H32N6O2. The number of aryl methyl sites for hydroxylation is 1. The van der Waals surface area contributed by atoms with Crippen molar-refractivity contribution in [1.82, 2.24) is 15.6 Å². The van der Waals surface area contributed by atoms with E-state index < -0.39 is 5.91 Å². The van der Waals surface area contributed by atoms with Gasteiger partial charge in [-0.2, -0.15) is 0 Å². The predicted molar refractivity (Wildman–Crippen MR) is 123 cm³/mol. The summed E-state index contributed by atoms with van der Waals surface area (Å²) in [5.74, 6) is 1.97. The molecule has 0 unspecified atom stereocenters. The van der Waals surface area contributed by atoms with Crippen LogP contribution in [-0.4, -0.2) is 49.1 Å². The molecular weight excluding hydrogens is 392 g/mol. The number of primary amides is 1. The van der Waals surface area contributed by atoms with Gasteiger partial charge in [0, 0.05) is 31.9 Å². The number of nitrogens with one attached hydrogen (secondary N) is 2. The van der Waals surface area contributed by atoms with E-state index in [0.29, 0.717) is 18.3 Å². The van der Waals surface area contributed by atoms with Crippen molar-refractivity contribution in [3.63, 3.8) is 0 Å². The molecule has 0 radical (unpaired) electrons. The van der Waals surface area contributed by atoms with Crippen LogP contribution in [0, 0.1) is 6.92 Å². The van der Waals surface area contributed by atoms with E-state index in [1.165, 1.54) is 5.56 Å². The van der Waals surface area contributed by atoms with Crippen LogP contribution in [0.1, 0.15) is 30.9 Å². The van der Waals surface area contributed by atoms with Gasteiger partial charge in [-0.15, -0.1) is 0 Å². The number of hydrogen-bond acceptors (Lipinski definition) is 5. The first-order valence-electron chi connectivity index (χ1n) is 10.8. The predicted octanol–water partition coefficient (Wildman–Crippen LogP) is 1.98. The van der Waals surface area contributed by atoms with Crippen LogP contribution in [0.25, 0.3) is 0 Å². The number of rotatable bonds is 8. The number of carbonyl (C=O) groups excluding carboxylic acids is 1. The molecule has 1 aliphatic heterocycles. The van der Waals surface area contributed by atoms with Crippen molar-refractivity contribution in [1.29, 1.82) is 0 Å². The average molecular weight is 425 g/mol. The largest absolute Gasteiger partial charge is 0.484 e. The van der Waals surface area contributed by atoms with E-state index in [9.17, 15) is 4.79 Å². The lowest BCUT2D eigenvalue weighted by molar-refractivity contribution is -0.119. The van der Waals surface area contributed by atoms with Gasteiger partial charge in [0.25, 0.3) is 5.91 Å². The van der Waals surface area contributed by atoms with Gasteiger partial charge in [0.2, 0.25) is 0 Å². The fourth-order valence-corrected chi connectivity index (χ4v) is 3.47. The molecule has 1 amide bonds. The molecule has 0 spiro atoms. The first kappa shape index (κ1) is 22.4. The van der Waals surface area contributed by atoms with E-state index >= 15 is 0 Å². The summed E-state index contributed by atoms with van der Waals surface area (Å²) < 4.78 is 5.37. The third kappa shape index (κ3) is 7.16. The quantitative estimate of drug-likeness (QED) is 0.442. The van der Waals surface area contributed by atoms with E-state index in [0.717, 1.165) is 49.8 Å². The van der Waals surface area contributed by atoms with Gasteiger partial charge >= 0.3 is 0 Å². The molecule has 2 heterocycles. The second kappa shape index (κ2) is 11.2. The summed E-state index contributed by atoms with van der Waals surface area (Å²) in [7, 11) is 0. The summed E-state index contributed by atoms with van der Waals surface area (Å²) in [6.45, 7) is 7.21. The minimum absolute atomic E-state index is 0.131. The monoisotopic (exact) mass is 424 g/mol. The minimum atomic E-state index is -0.494. The van der Waals surface area contributed by atoms with Gasteiger partial charge in [-0.3, -0.25) is 4.79 Å². The van der Waals surface area contributed by atoms with E-state index in [1.54, 1.807) is 6.07 Å². The molecule has 3 rings (SSSR count). The molecule has 31 heavy (non-hydrogen) atoms. The van der Waals surface area contributed by atoms with Crippen molar-refractivity contribution in [3.05, 3.63) is 53.7 Å². The molecule has 166 valence electrons. The van der Waals surface area contributed by atoms with Gasteiger partial charge < -0.3 is 26.0 Å². The first-order valence-corrected chi connectivity index (χ1v) is 10.8. The van der Waals surface area contributed by atoms with Gasteiger partial charge in [-0.05, 0) is 56.0 Å². The highest BCUT2D eigenvalue weighted by atomic mass is 16.5. The number of aromatic nitrogens is 1. The molecule has 8 heteroatoms. The molecule has 1 saturated heterocycles. The zero-order chi connectivity index (χ0) is 22.1. The van der Waals surface area contributed by atoms with Gasteiger partial charge in [-0.25, -0.2) is 9.98 Å². The van der Waals surface area contributed by atoms with Crippen LogP contribution in [0.4, 0.5) is 5.82 Å². The van der Waals surface area contributed by atoms with Crippen molar-refractivity contribution < 1.29 is 9.53 Å². The molecule has 4 N–H and O–H groups in total. The molecule has 1 fully saturated rings. The number of hydrogen-bond donors (Lipinski definition) is 3. The molecule has 8 nitrogen and oxygen atoms in total. The van der Waals surface area contributed by atoms with Gasteiger partial charge in [0.1, 0.15) is 11.6 Å². The Morgan fingerprint density at radius 2 is 2.10 bits per heavy atom. The Morgan fingerprint density at radius 1 is 1.29 bits per heavy atom. The number of anilines is 1. The number of aliphatic imine (C=N–C) groups is 1. The SMILES string of the molecule is CCNC(=NCc1cccc(OCC(N)=O)c1)NC1CCN(c2ccc(C)cn2)CC1. The molecule has 0 atom stereocenters. The van der Waals surface area contributed by atoms with Crippen LogP contribution in [0.5, 0.6) is 5.75 Å². The third-order valence-corrected chi connectivity index (χ3v) is 5.10. The van der Waals surface area contributed by atoms with Crippen LogP contribution in [0.3, 0.4) is 0 Å². The number of amides is 1. The van der Waals surface area contributed by atoms with E-state index in [1.807, 2.05) is 24.4 Å². The lowest BCUT2D eigenvalue weighted by atomic mass is 10.1. The molecule has 1 aliphatic rings. The van der Waals surface area contributed by atoms with Crippen LogP contribution in [-0.2, 0) is 11.3 Å². The smallest absolute Gasteiger partial charge is 0.255 e. The van der Waals surface area contributed by atoms with Crippen molar-refractivity contribution in [2.45, 2.75) is 39.3 Å². The molecule has 1 aromatic carbocycles. The van der Waals surface area contributed by atoms with Crippen LogP contribution in [0.15, 0.2) is 47.6 Å². The van der Waals surface area contributed by atoms with E-state index in [4.69, 9.17) is 15.5 Å². The third-order valence-electron chi connectivity index (χ3n) is 5.10. The summed E-state index contributed by atoms with van der Waals surface area (Å²) >= 11 is 0. The molecule has 0 saturated carbocycles. The second-order valence-electron chi connectivity index (χ2n) is 7.70. The minimum Gasteiger partial charge on any atom is -0.484 e. The fourth-order valence-electron chi connectivity index (χ4n) is 3.47. The molecule has 2 aromatic rings. The summed E-state index contributed by atoms with van der Waals surface area (Å²) in [5, 5.41) is 6.89. The number of nitrogens with two attached hydrogens (primary N) is 1. The van der Waals surface area contributed by atoms with Crippen LogP contribution >= 0.6 is 0 Å². The summed E-state index contributed by atoms with van der Waals surface area (Å²) in [4.78, 5) is 22.5.